The molecule has 3 nitrogen and oxygen atoms in total. The van der Waals surface area contributed by atoms with E-state index in [1.165, 1.54) is 7.11 Å². The van der Waals surface area contributed by atoms with Crippen LogP contribution < -0.4 is 9.47 Å². The minimum Gasteiger partial charge on any atom is -0.497 e. The van der Waals surface area contributed by atoms with Crippen LogP contribution in [0.5, 0.6) is 11.5 Å². The fraction of sp³-hybridized carbons (Fsp3) is 0.214. The zero-order chi connectivity index (χ0) is 14.6. The summed E-state index contributed by atoms with van der Waals surface area (Å²) in [6.45, 7) is 0.00593. The summed E-state index contributed by atoms with van der Waals surface area (Å²) in [5, 5.41) is 0. The Balaban J connectivity index is 2.15. The lowest BCUT2D eigenvalue weighted by molar-refractivity contribution is -0.139. The van der Waals surface area contributed by atoms with E-state index >= 15 is 0 Å². The van der Waals surface area contributed by atoms with E-state index in [2.05, 4.69) is 4.98 Å². The molecule has 0 amide bonds. The summed E-state index contributed by atoms with van der Waals surface area (Å²) in [5.41, 5.74) is -0.128. The maximum absolute atomic E-state index is 12.8. The normalized spacial score (nSPS) is 11.2. The number of methoxy groups -OCH3 is 1. The van der Waals surface area contributed by atoms with Crippen molar-refractivity contribution in [3.63, 3.8) is 0 Å². The molecule has 0 N–H and O–H groups in total. The van der Waals surface area contributed by atoms with Gasteiger partial charge in [-0.05, 0) is 23.8 Å². The minimum atomic E-state index is -4.47. The summed E-state index contributed by atoms with van der Waals surface area (Å²) in [6, 6.07) is 7.82. The Morgan fingerprint density at radius 2 is 2.00 bits per heavy atom. The number of alkyl halides is 3. The Bertz CT molecular complexity index is 585. The van der Waals surface area contributed by atoms with Crippen molar-refractivity contribution in [2.24, 2.45) is 0 Å². The van der Waals surface area contributed by atoms with Gasteiger partial charge in [0.15, 0.2) is 0 Å². The number of hydrogen-bond donors (Lipinski definition) is 0. The summed E-state index contributed by atoms with van der Waals surface area (Å²) in [6.07, 6.45) is -2.32. The van der Waals surface area contributed by atoms with Gasteiger partial charge >= 0.3 is 6.18 Å². The monoisotopic (exact) mass is 283 g/mol. The van der Waals surface area contributed by atoms with Crippen LogP contribution >= 0.6 is 0 Å². The molecule has 0 aliphatic rings. The molecule has 1 aromatic carbocycles. The van der Waals surface area contributed by atoms with Gasteiger partial charge < -0.3 is 9.47 Å². The smallest absolute Gasteiger partial charge is 0.420 e. The SMILES string of the molecule is COc1cccc(COc2cnccc2C(F)(F)F)c1. The lowest BCUT2D eigenvalue weighted by Gasteiger charge is -2.13. The summed E-state index contributed by atoms with van der Waals surface area (Å²) in [4.78, 5) is 3.66. The molecule has 0 bridgehead atoms. The Morgan fingerprint density at radius 3 is 2.70 bits per heavy atom. The van der Waals surface area contributed by atoms with Crippen LogP contribution in [-0.2, 0) is 12.8 Å². The van der Waals surface area contributed by atoms with Crippen LogP contribution in [0.15, 0.2) is 42.7 Å². The van der Waals surface area contributed by atoms with Crippen LogP contribution in [-0.4, -0.2) is 12.1 Å². The van der Waals surface area contributed by atoms with Crippen LogP contribution in [0.4, 0.5) is 13.2 Å². The number of nitrogens with zero attached hydrogens (tertiary/aromatic N) is 1. The van der Waals surface area contributed by atoms with Crippen molar-refractivity contribution in [2.45, 2.75) is 12.8 Å². The lowest BCUT2D eigenvalue weighted by Crippen LogP contribution is -2.09. The molecule has 0 radical (unpaired) electrons. The molecular formula is C14H12F3NO2. The van der Waals surface area contributed by atoms with Crippen molar-refractivity contribution in [3.05, 3.63) is 53.9 Å². The fourth-order valence-corrected chi connectivity index (χ4v) is 1.65. The first kappa shape index (κ1) is 14.2. The zero-order valence-electron chi connectivity index (χ0n) is 10.6. The topological polar surface area (TPSA) is 31.4 Å². The molecule has 0 atom stereocenters. The van der Waals surface area contributed by atoms with Crippen LogP contribution in [0, 0.1) is 0 Å². The van der Waals surface area contributed by atoms with Crippen LogP contribution in [0.25, 0.3) is 0 Å². The highest BCUT2D eigenvalue weighted by Crippen LogP contribution is 2.35. The van der Waals surface area contributed by atoms with E-state index in [-0.39, 0.29) is 12.4 Å². The second-order valence-electron chi connectivity index (χ2n) is 4.01. The Morgan fingerprint density at radius 1 is 1.20 bits per heavy atom. The van der Waals surface area contributed by atoms with E-state index in [0.29, 0.717) is 11.3 Å². The van der Waals surface area contributed by atoms with E-state index in [1.54, 1.807) is 24.3 Å². The van der Waals surface area contributed by atoms with Crippen molar-refractivity contribution in [1.29, 1.82) is 0 Å². The summed E-state index contributed by atoms with van der Waals surface area (Å²) < 4.78 is 48.5. The van der Waals surface area contributed by atoms with Gasteiger partial charge in [0.05, 0.1) is 13.3 Å². The minimum absolute atomic E-state index is 0.00593. The highest BCUT2D eigenvalue weighted by molar-refractivity contribution is 5.33. The maximum atomic E-state index is 12.8. The second-order valence-corrected chi connectivity index (χ2v) is 4.01. The quantitative estimate of drug-likeness (QED) is 0.857. The summed E-state index contributed by atoms with van der Waals surface area (Å²) in [7, 11) is 1.52. The zero-order valence-corrected chi connectivity index (χ0v) is 10.6. The molecule has 1 heterocycles. The second kappa shape index (κ2) is 5.81. The highest BCUT2D eigenvalue weighted by atomic mass is 19.4. The van der Waals surface area contributed by atoms with Gasteiger partial charge in [-0.1, -0.05) is 12.1 Å². The molecule has 20 heavy (non-hydrogen) atoms. The Hall–Kier alpha value is -2.24. The van der Waals surface area contributed by atoms with E-state index in [0.717, 1.165) is 18.5 Å². The highest BCUT2D eigenvalue weighted by Gasteiger charge is 2.34. The first-order chi connectivity index (χ1) is 9.50. The van der Waals surface area contributed by atoms with Gasteiger partial charge in [0.25, 0.3) is 0 Å². The number of ether oxygens (including phenoxy) is 2. The molecule has 2 rings (SSSR count). The predicted octanol–water partition coefficient (Wildman–Crippen LogP) is 3.69. The van der Waals surface area contributed by atoms with Crippen LogP contribution in [0.3, 0.4) is 0 Å². The van der Waals surface area contributed by atoms with E-state index in [9.17, 15) is 13.2 Å². The first-order valence-corrected chi connectivity index (χ1v) is 5.77. The van der Waals surface area contributed by atoms with E-state index < -0.39 is 11.7 Å². The van der Waals surface area contributed by atoms with Gasteiger partial charge in [-0.3, -0.25) is 4.98 Å². The average molecular weight is 283 g/mol. The van der Waals surface area contributed by atoms with Gasteiger partial charge in [0.2, 0.25) is 0 Å². The Kier molecular flexibility index (Phi) is 4.12. The molecule has 0 aliphatic heterocycles. The molecule has 106 valence electrons. The fourth-order valence-electron chi connectivity index (χ4n) is 1.65. The van der Waals surface area contributed by atoms with Gasteiger partial charge in [-0.2, -0.15) is 13.2 Å². The molecular weight excluding hydrogens is 271 g/mol. The number of hydrogen-bond acceptors (Lipinski definition) is 3. The third-order valence-corrected chi connectivity index (χ3v) is 2.62. The number of halogens is 3. The number of pyridine rings is 1. The van der Waals surface area contributed by atoms with Crippen molar-refractivity contribution >= 4 is 0 Å². The molecule has 0 aliphatic carbocycles. The number of aromatic nitrogens is 1. The van der Waals surface area contributed by atoms with Gasteiger partial charge in [-0.25, -0.2) is 0 Å². The molecule has 0 unspecified atom stereocenters. The predicted molar refractivity (Wildman–Crippen MR) is 66.6 cm³/mol. The molecule has 2 aromatic rings. The van der Waals surface area contributed by atoms with Crippen molar-refractivity contribution in [1.82, 2.24) is 4.98 Å². The van der Waals surface area contributed by atoms with Gasteiger partial charge in [0.1, 0.15) is 23.7 Å². The Labute approximate surface area is 114 Å². The molecule has 0 spiro atoms. The first-order valence-electron chi connectivity index (χ1n) is 5.77. The standard InChI is InChI=1S/C14H12F3NO2/c1-19-11-4-2-3-10(7-11)9-20-13-8-18-6-5-12(13)14(15,16)17/h2-8H,9H2,1H3. The number of rotatable bonds is 4. The molecule has 1 aromatic heterocycles. The van der Waals surface area contributed by atoms with Crippen LogP contribution in [0.1, 0.15) is 11.1 Å². The molecule has 6 heteroatoms. The van der Waals surface area contributed by atoms with Crippen molar-refractivity contribution < 1.29 is 22.6 Å². The van der Waals surface area contributed by atoms with Crippen molar-refractivity contribution in [2.75, 3.05) is 7.11 Å². The van der Waals surface area contributed by atoms with Gasteiger partial charge in [-0.15, -0.1) is 0 Å². The lowest BCUT2D eigenvalue weighted by atomic mass is 10.2. The van der Waals surface area contributed by atoms with Crippen molar-refractivity contribution in [3.8, 4) is 11.5 Å². The average Bonchev–Trinajstić information content (AvgIpc) is 2.44. The maximum Gasteiger partial charge on any atom is 0.420 e. The summed E-state index contributed by atoms with van der Waals surface area (Å²) >= 11 is 0. The molecule has 0 saturated carbocycles. The van der Waals surface area contributed by atoms with Crippen LogP contribution in [0.2, 0.25) is 0 Å². The summed E-state index contributed by atoms with van der Waals surface area (Å²) in [5.74, 6) is 0.330. The van der Waals surface area contributed by atoms with E-state index in [1.807, 2.05) is 0 Å². The van der Waals surface area contributed by atoms with E-state index in [4.69, 9.17) is 9.47 Å². The molecule has 0 fully saturated rings. The number of benzene rings is 1. The largest absolute Gasteiger partial charge is 0.497 e. The van der Waals surface area contributed by atoms with Gasteiger partial charge in [0, 0.05) is 6.20 Å². The third kappa shape index (κ3) is 3.40. The third-order valence-electron chi connectivity index (χ3n) is 2.62. The molecule has 0 saturated heterocycles.